The highest BCUT2D eigenvalue weighted by Crippen LogP contribution is 2.28. The van der Waals surface area contributed by atoms with E-state index >= 15 is 0 Å². The number of para-hydroxylation sites is 1. The molecule has 0 fully saturated rings. The Morgan fingerprint density at radius 1 is 1.00 bits per heavy atom. The van der Waals surface area contributed by atoms with Crippen molar-refractivity contribution in [3.63, 3.8) is 0 Å². The molecule has 0 N–H and O–H groups in total. The van der Waals surface area contributed by atoms with Crippen LogP contribution in [0.1, 0.15) is 24.1 Å². The molecule has 0 aliphatic carbocycles. The number of aromatic nitrogens is 4. The van der Waals surface area contributed by atoms with Crippen LogP contribution in [0.25, 0.3) is 22.4 Å². The van der Waals surface area contributed by atoms with E-state index < -0.39 is 0 Å². The molecule has 0 spiro atoms. The lowest BCUT2D eigenvalue weighted by atomic mass is 10.2. The fourth-order valence-electron chi connectivity index (χ4n) is 3.73. The number of hydrogen-bond acceptors (Lipinski definition) is 7. The molecule has 0 saturated heterocycles. The van der Waals surface area contributed by atoms with Gasteiger partial charge in [0.05, 0.1) is 35.4 Å². The van der Waals surface area contributed by atoms with Gasteiger partial charge < -0.3 is 9.15 Å². The van der Waals surface area contributed by atoms with Crippen LogP contribution in [0.2, 0.25) is 0 Å². The van der Waals surface area contributed by atoms with Crippen molar-refractivity contribution < 1.29 is 9.15 Å². The Kier molecular flexibility index (Phi) is 6.63. The second-order valence-corrected chi connectivity index (χ2v) is 8.83. The van der Waals surface area contributed by atoms with Crippen molar-refractivity contribution in [1.29, 1.82) is 0 Å². The van der Waals surface area contributed by atoms with Gasteiger partial charge in [0.25, 0.3) is 5.56 Å². The molecule has 35 heavy (non-hydrogen) atoms. The van der Waals surface area contributed by atoms with Gasteiger partial charge in [0.15, 0.2) is 5.16 Å². The smallest absolute Gasteiger partial charge is 0.262 e. The van der Waals surface area contributed by atoms with Crippen LogP contribution in [-0.2, 0) is 12.3 Å². The van der Waals surface area contributed by atoms with Crippen molar-refractivity contribution in [3.8, 4) is 17.2 Å². The molecule has 0 atom stereocenters. The van der Waals surface area contributed by atoms with E-state index in [1.165, 1.54) is 11.8 Å². The molecule has 2 aromatic carbocycles. The first-order chi connectivity index (χ1) is 17.1. The summed E-state index contributed by atoms with van der Waals surface area (Å²) in [6, 6.07) is 20.8. The third-order valence-corrected chi connectivity index (χ3v) is 6.50. The molecule has 7 nitrogen and oxygen atoms in total. The number of aryl methyl sites for hydroxylation is 1. The van der Waals surface area contributed by atoms with Gasteiger partial charge in [0.1, 0.15) is 11.5 Å². The topological polar surface area (TPSA) is 83.0 Å². The first-order valence-corrected chi connectivity index (χ1v) is 12.3. The van der Waals surface area contributed by atoms with Gasteiger partial charge in [-0.25, -0.2) is 9.97 Å². The number of oxazole rings is 1. The minimum absolute atomic E-state index is 0.0873. The highest BCUT2D eigenvalue weighted by Gasteiger charge is 2.16. The number of hydrogen-bond donors (Lipinski definition) is 0. The molecule has 0 saturated carbocycles. The first kappa shape index (κ1) is 22.9. The van der Waals surface area contributed by atoms with Crippen molar-refractivity contribution in [1.82, 2.24) is 19.5 Å². The summed E-state index contributed by atoms with van der Waals surface area (Å²) in [6.07, 6.45) is 1.73. The van der Waals surface area contributed by atoms with Crippen LogP contribution < -0.4 is 10.3 Å². The van der Waals surface area contributed by atoms with E-state index in [1.807, 2.05) is 74.5 Å². The first-order valence-electron chi connectivity index (χ1n) is 11.3. The van der Waals surface area contributed by atoms with Crippen LogP contribution in [0.5, 0.6) is 5.75 Å². The van der Waals surface area contributed by atoms with Crippen molar-refractivity contribution in [3.05, 3.63) is 100 Å². The molecule has 0 unspecified atom stereocenters. The maximum absolute atomic E-state index is 13.3. The number of fused-ring (bicyclic) bond motifs is 1. The van der Waals surface area contributed by atoms with Crippen LogP contribution in [0.15, 0.2) is 87.3 Å². The molecule has 5 aromatic rings. The molecule has 0 bridgehead atoms. The van der Waals surface area contributed by atoms with E-state index in [4.69, 9.17) is 19.1 Å². The average molecular weight is 485 g/mol. The monoisotopic (exact) mass is 484 g/mol. The van der Waals surface area contributed by atoms with Crippen LogP contribution in [0, 0.1) is 6.92 Å². The van der Waals surface area contributed by atoms with Gasteiger partial charge >= 0.3 is 0 Å². The van der Waals surface area contributed by atoms with Crippen LogP contribution in [-0.4, -0.2) is 26.1 Å². The summed E-state index contributed by atoms with van der Waals surface area (Å²) in [5, 5.41) is 1.20. The number of thioether (sulfide) groups is 1. The summed E-state index contributed by atoms with van der Waals surface area (Å²) in [4.78, 5) is 27.2. The standard InChI is InChI=1S/C27H24N4O3S/c1-3-33-21-13-11-19(12-14-21)25-29-24(18(2)34-25)17-35-27-30-23-10-5-4-9-22(23)26(32)31(27)16-20-8-6-7-15-28-20/h4-15H,3,16-17H2,1-2H3. The summed E-state index contributed by atoms with van der Waals surface area (Å²) in [7, 11) is 0. The predicted octanol–water partition coefficient (Wildman–Crippen LogP) is 5.49. The third kappa shape index (κ3) is 4.97. The van der Waals surface area contributed by atoms with Gasteiger partial charge in [-0.1, -0.05) is 30.0 Å². The SMILES string of the molecule is CCOc1ccc(-c2nc(CSc3nc4ccccc4c(=O)n3Cc3ccccn3)c(C)o2)cc1. The van der Waals surface area contributed by atoms with E-state index in [2.05, 4.69) is 4.98 Å². The zero-order chi connectivity index (χ0) is 24.2. The Hall–Kier alpha value is -3.91. The normalized spacial score (nSPS) is 11.1. The largest absolute Gasteiger partial charge is 0.494 e. The summed E-state index contributed by atoms with van der Waals surface area (Å²) in [5.74, 6) is 2.61. The van der Waals surface area contributed by atoms with Gasteiger partial charge in [-0.15, -0.1) is 0 Å². The van der Waals surface area contributed by atoms with Gasteiger partial charge in [0.2, 0.25) is 5.89 Å². The average Bonchev–Trinajstić information content (AvgIpc) is 3.26. The molecule has 3 aromatic heterocycles. The highest BCUT2D eigenvalue weighted by molar-refractivity contribution is 7.98. The van der Waals surface area contributed by atoms with Crippen molar-refractivity contribution >= 4 is 22.7 Å². The Labute approximate surface area is 206 Å². The molecular weight excluding hydrogens is 460 g/mol. The van der Waals surface area contributed by atoms with Crippen LogP contribution in [0.4, 0.5) is 0 Å². The highest BCUT2D eigenvalue weighted by atomic mass is 32.2. The zero-order valence-electron chi connectivity index (χ0n) is 19.5. The maximum atomic E-state index is 13.3. The molecule has 3 heterocycles. The van der Waals surface area contributed by atoms with Crippen molar-refractivity contribution in [2.75, 3.05) is 6.61 Å². The molecule has 0 amide bonds. The molecule has 176 valence electrons. The van der Waals surface area contributed by atoms with E-state index in [9.17, 15) is 4.79 Å². The lowest BCUT2D eigenvalue weighted by Gasteiger charge is -2.12. The Morgan fingerprint density at radius 3 is 2.57 bits per heavy atom. The molecule has 0 aliphatic heterocycles. The lowest BCUT2D eigenvalue weighted by Crippen LogP contribution is -2.24. The predicted molar refractivity (Wildman–Crippen MR) is 137 cm³/mol. The Morgan fingerprint density at radius 2 is 1.80 bits per heavy atom. The maximum Gasteiger partial charge on any atom is 0.262 e. The summed E-state index contributed by atoms with van der Waals surface area (Å²) >= 11 is 1.46. The second kappa shape index (κ2) is 10.1. The minimum atomic E-state index is -0.0873. The van der Waals surface area contributed by atoms with Crippen LogP contribution >= 0.6 is 11.8 Å². The van der Waals surface area contributed by atoms with Gasteiger partial charge in [-0.2, -0.15) is 0 Å². The van der Waals surface area contributed by atoms with E-state index in [-0.39, 0.29) is 5.56 Å². The zero-order valence-corrected chi connectivity index (χ0v) is 20.3. The molecular formula is C27H24N4O3S. The van der Waals surface area contributed by atoms with Crippen molar-refractivity contribution in [2.24, 2.45) is 0 Å². The van der Waals surface area contributed by atoms with Crippen LogP contribution in [0.3, 0.4) is 0 Å². The Bertz CT molecular complexity index is 1510. The van der Waals surface area contributed by atoms with E-state index in [0.717, 1.165) is 28.5 Å². The summed E-state index contributed by atoms with van der Waals surface area (Å²) < 4.78 is 13.1. The number of benzene rings is 2. The number of nitrogens with zero attached hydrogens (tertiary/aromatic N) is 4. The quantitative estimate of drug-likeness (QED) is 0.213. The lowest BCUT2D eigenvalue weighted by molar-refractivity contribution is 0.340. The van der Waals surface area contributed by atoms with Gasteiger partial charge in [-0.3, -0.25) is 14.3 Å². The minimum Gasteiger partial charge on any atom is -0.494 e. The number of rotatable bonds is 8. The Balaban J connectivity index is 1.44. The van der Waals surface area contributed by atoms with Gasteiger partial charge in [0, 0.05) is 17.5 Å². The molecule has 0 radical (unpaired) electrons. The second-order valence-electron chi connectivity index (χ2n) is 7.89. The number of pyridine rings is 1. The summed E-state index contributed by atoms with van der Waals surface area (Å²) in [6.45, 7) is 4.81. The van der Waals surface area contributed by atoms with Gasteiger partial charge in [-0.05, 0) is 62.4 Å². The fraction of sp³-hybridized carbons (Fsp3) is 0.185. The fourth-order valence-corrected chi connectivity index (χ4v) is 4.73. The molecule has 0 aliphatic rings. The van der Waals surface area contributed by atoms with E-state index in [0.29, 0.717) is 40.9 Å². The van der Waals surface area contributed by atoms with Crippen molar-refractivity contribution in [2.45, 2.75) is 31.3 Å². The van der Waals surface area contributed by atoms with E-state index in [1.54, 1.807) is 16.8 Å². The number of ether oxygens (including phenoxy) is 1. The molecule has 8 heteroatoms. The third-order valence-electron chi connectivity index (χ3n) is 5.52. The molecule has 5 rings (SSSR count). The summed E-state index contributed by atoms with van der Waals surface area (Å²) in [5.41, 5.74) is 3.07.